The Morgan fingerprint density at radius 2 is 2.27 bits per heavy atom. The average Bonchev–Trinajstić information content (AvgIpc) is 3.35. The van der Waals surface area contributed by atoms with Crippen molar-refractivity contribution in [2.75, 3.05) is 33.4 Å². The van der Waals surface area contributed by atoms with Crippen LogP contribution in [0, 0.1) is 11.3 Å². The first kappa shape index (κ1) is 16.7. The molecular weight excluding hydrogens is 334 g/mol. The SMILES string of the molecule is CNC(=O)[C@]12CCOC[C@H]1CN(C(=O)c1cccc(-n3cncn3)c1)C2. The molecule has 0 unspecified atom stereocenters. The number of amides is 2. The van der Waals surface area contributed by atoms with Crippen LogP contribution >= 0.6 is 0 Å². The highest BCUT2D eigenvalue weighted by Crippen LogP contribution is 2.42. The maximum atomic E-state index is 13.1. The van der Waals surface area contributed by atoms with E-state index in [4.69, 9.17) is 4.74 Å². The van der Waals surface area contributed by atoms with Gasteiger partial charge in [-0.1, -0.05) is 6.07 Å². The lowest BCUT2D eigenvalue weighted by Gasteiger charge is -2.36. The third-order valence-corrected chi connectivity index (χ3v) is 5.45. The van der Waals surface area contributed by atoms with Crippen molar-refractivity contribution in [2.45, 2.75) is 6.42 Å². The highest BCUT2D eigenvalue weighted by molar-refractivity contribution is 5.96. The molecule has 26 heavy (non-hydrogen) atoms. The van der Waals surface area contributed by atoms with Crippen LogP contribution in [0.25, 0.3) is 5.69 Å². The lowest BCUT2D eigenvalue weighted by atomic mass is 9.73. The summed E-state index contributed by atoms with van der Waals surface area (Å²) in [6.07, 6.45) is 3.68. The Morgan fingerprint density at radius 3 is 3.04 bits per heavy atom. The molecule has 0 spiro atoms. The smallest absolute Gasteiger partial charge is 0.253 e. The standard InChI is InChI=1S/C18H21N5O3/c1-19-17(25)18-5-6-26-9-14(18)8-22(10-18)16(24)13-3-2-4-15(7-13)23-12-20-11-21-23/h2-4,7,11-12,14H,5-6,8-10H2,1H3,(H,19,25)/t14-,18+/m1/s1. The minimum atomic E-state index is -0.549. The molecule has 0 radical (unpaired) electrons. The normalized spacial score (nSPS) is 25.0. The van der Waals surface area contributed by atoms with E-state index in [0.29, 0.717) is 38.3 Å². The largest absolute Gasteiger partial charge is 0.381 e. The monoisotopic (exact) mass is 355 g/mol. The molecule has 2 atom stereocenters. The number of carbonyl (C=O) groups excluding carboxylic acids is 2. The molecule has 4 rings (SSSR count). The molecule has 8 heteroatoms. The first-order valence-electron chi connectivity index (χ1n) is 8.68. The van der Waals surface area contributed by atoms with Crippen LogP contribution < -0.4 is 5.32 Å². The van der Waals surface area contributed by atoms with Gasteiger partial charge in [-0.25, -0.2) is 9.67 Å². The fourth-order valence-corrected chi connectivity index (χ4v) is 4.03. The molecule has 2 fully saturated rings. The highest BCUT2D eigenvalue weighted by Gasteiger charge is 2.54. The van der Waals surface area contributed by atoms with E-state index in [2.05, 4.69) is 15.4 Å². The second-order valence-corrected chi connectivity index (χ2v) is 6.83. The van der Waals surface area contributed by atoms with Gasteiger partial charge >= 0.3 is 0 Å². The third-order valence-electron chi connectivity index (χ3n) is 5.45. The molecule has 2 amide bonds. The minimum absolute atomic E-state index is 0.00235. The Morgan fingerprint density at radius 1 is 1.38 bits per heavy atom. The van der Waals surface area contributed by atoms with Crippen LogP contribution in [0.4, 0.5) is 0 Å². The zero-order valence-corrected chi connectivity index (χ0v) is 14.6. The van der Waals surface area contributed by atoms with E-state index in [-0.39, 0.29) is 17.7 Å². The van der Waals surface area contributed by atoms with Crippen LogP contribution in [0.1, 0.15) is 16.8 Å². The van der Waals surface area contributed by atoms with Gasteiger partial charge in [-0.3, -0.25) is 9.59 Å². The van der Waals surface area contributed by atoms with Gasteiger partial charge < -0.3 is 15.0 Å². The van der Waals surface area contributed by atoms with Gasteiger partial charge in [0.2, 0.25) is 5.91 Å². The molecule has 1 aromatic carbocycles. The molecule has 0 saturated carbocycles. The Kier molecular flexibility index (Phi) is 4.20. The lowest BCUT2D eigenvalue weighted by molar-refractivity contribution is -0.138. The van der Waals surface area contributed by atoms with Crippen LogP contribution in [0.2, 0.25) is 0 Å². The predicted molar refractivity (Wildman–Crippen MR) is 92.7 cm³/mol. The summed E-state index contributed by atoms with van der Waals surface area (Å²) in [6.45, 7) is 2.01. The second kappa shape index (κ2) is 6.53. The summed E-state index contributed by atoms with van der Waals surface area (Å²) >= 11 is 0. The summed E-state index contributed by atoms with van der Waals surface area (Å²) in [5.74, 6) is -0.0549. The zero-order chi connectivity index (χ0) is 18.1. The number of fused-ring (bicyclic) bond motifs is 1. The van der Waals surface area contributed by atoms with Crippen molar-refractivity contribution < 1.29 is 14.3 Å². The molecule has 2 aliphatic rings. The van der Waals surface area contributed by atoms with Gasteiger partial charge in [0, 0.05) is 38.2 Å². The number of hydrogen-bond donors (Lipinski definition) is 1. The molecule has 8 nitrogen and oxygen atoms in total. The van der Waals surface area contributed by atoms with Gasteiger partial charge in [-0.05, 0) is 24.6 Å². The Hall–Kier alpha value is -2.74. The Labute approximate surface area is 151 Å². The number of aromatic nitrogens is 3. The van der Waals surface area contributed by atoms with Gasteiger partial charge in [-0.15, -0.1) is 0 Å². The molecule has 2 saturated heterocycles. The molecule has 1 N–H and O–H groups in total. The van der Waals surface area contributed by atoms with E-state index < -0.39 is 5.41 Å². The average molecular weight is 355 g/mol. The number of likely N-dealkylation sites (tertiary alicyclic amines) is 1. The number of nitrogens with one attached hydrogen (secondary N) is 1. The molecule has 2 aliphatic heterocycles. The summed E-state index contributed by atoms with van der Waals surface area (Å²) in [6, 6.07) is 7.27. The topological polar surface area (TPSA) is 89.4 Å². The molecule has 0 aliphatic carbocycles. The third kappa shape index (κ3) is 2.66. The van der Waals surface area contributed by atoms with E-state index in [1.807, 2.05) is 12.1 Å². The molecular formula is C18H21N5O3. The fraction of sp³-hybridized carbons (Fsp3) is 0.444. The van der Waals surface area contributed by atoms with Crippen molar-refractivity contribution in [1.82, 2.24) is 25.0 Å². The summed E-state index contributed by atoms with van der Waals surface area (Å²) < 4.78 is 7.18. The van der Waals surface area contributed by atoms with Crippen LogP contribution in [-0.4, -0.2) is 64.8 Å². The van der Waals surface area contributed by atoms with Crippen LogP contribution in [0.3, 0.4) is 0 Å². The van der Waals surface area contributed by atoms with E-state index in [1.165, 1.54) is 6.33 Å². The Bertz CT molecular complexity index is 822. The van der Waals surface area contributed by atoms with Crippen molar-refractivity contribution >= 4 is 11.8 Å². The van der Waals surface area contributed by atoms with Crippen LogP contribution in [-0.2, 0) is 9.53 Å². The van der Waals surface area contributed by atoms with Crippen LogP contribution in [0.5, 0.6) is 0 Å². The fourth-order valence-electron chi connectivity index (χ4n) is 4.03. The van der Waals surface area contributed by atoms with E-state index in [0.717, 1.165) is 5.69 Å². The van der Waals surface area contributed by atoms with E-state index in [1.54, 1.807) is 35.1 Å². The minimum Gasteiger partial charge on any atom is -0.381 e. The van der Waals surface area contributed by atoms with Gasteiger partial charge in [0.25, 0.3) is 5.91 Å². The molecule has 136 valence electrons. The first-order valence-corrected chi connectivity index (χ1v) is 8.68. The number of nitrogens with zero attached hydrogens (tertiary/aromatic N) is 4. The number of ether oxygens (including phenoxy) is 1. The summed E-state index contributed by atoms with van der Waals surface area (Å²) in [7, 11) is 1.65. The number of carbonyl (C=O) groups is 2. The summed E-state index contributed by atoms with van der Waals surface area (Å²) in [5.41, 5.74) is 0.797. The van der Waals surface area contributed by atoms with Gasteiger partial charge in [0.1, 0.15) is 12.7 Å². The van der Waals surface area contributed by atoms with Crippen LogP contribution in [0.15, 0.2) is 36.9 Å². The molecule has 1 aromatic heterocycles. The predicted octanol–water partition coefficient (Wildman–Crippen LogP) is 0.492. The summed E-state index contributed by atoms with van der Waals surface area (Å²) in [5, 5.41) is 6.87. The molecule has 0 bridgehead atoms. The maximum Gasteiger partial charge on any atom is 0.253 e. The van der Waals surface area contributed by atoms with Gasteiger partial charge in [-0.2, -0.15) is 5.10 Å². The van der Waals surface area contributed by atoms with Crippen molar-refractivity contribution in [3.63, 3.8) is 0 Å². The second-order valence-electron chi connectivity index (χ2n) is 6.83. The first-order chi connectivity index (χ1) is 12.6. The summed E-state index contributed by atoms with van der Waals surface area (Å²) in [4.78, 5) is 31.3. The maximum absolute atomic E-state index is 13.1. The van der Waals surface area contributed by atoms with E-state index >= 15 is 0 Å². The van der Waals surface area contributed by atoms with Crippen molar-refractivity contribution in [1.29, 1.82) is 0 Å². The van der Waals surface area contributed by atoms with Crippen molar-refractivity contribution in [2.24, 2.45) is 11.3 Å². The Balaban J connectivity index is 1.60. The molecule has 2 aromatic rings. The van der Waals surface area contributed by atoms with Gasteiger partial charge in [0.05, 0.1) is 17.7 Å². The van der Waals surface area contributed by atoms with E-state index in [9.17, 15) is 9.59 Å². The lowest BCUT2D eigenvalue weighted by Crippen LogP contribution is -2.49. The number of rotatable bonds is 3. The highest BCUT2D eigenvalue weighted by atomic mass is 16.5. The molecule has 3 heterocycles. The van der Waals surface area contributed by atoms with Gasteiger partial charge in [0.15, 0.2) is 0 Å². The van der Waals surface area contributed by atoms with Crippen molar-refractivity contribution in [3.05, 3.63) is 42.5 Å². The number of benzene rings is 1. The quantitative estimate of drug-likeness (QED) is 0.866. The zero-order valence-electron chi connectivity index (χ0n) is 14.6. The van der Waals surface area contributed by atoms with Crippen molar-refractivity contribution in [3.8, 4) is 5.69 Å². The number of hydrogen-bond acceptors (Lipinski definition) is 5.